The van der Waals surface area contributed by atoms with Gasteiger partial charge >= 0.3 is 0 Å². The number of methoxy groups -OCH3 is 1. The minimum atomic E-state index is -0.451. The number of hydrogen-bond acceptors (Lipinski definition) is 7. The van der Waals surface area contributed by atoms with E-state index in [0.717, 1.165) is 5.56 Å². The van der Waals surface area contributed by atoms with Gasteiger partial charge in [-0.2, -0.15) is 5.10 Å². The van der Waals surface area contributed by atoms with Gasteiger partial charge in [0, 0.05) is 24.5 Å². The van der Waals surface area contributed by atoms with Crippen molar-refractivity contribution in [1.29, 1.82) is 0 Å². The van der Waals surface area contributed by atoms with Crippen molar-refractivity contribution in [1.82, 2.24) is 10.4 Å². The van der Waals surface area contributed by atoms with Crippen LogP contribution < -0.4 is 14.9 Å². The van der Waals surface area contributed by atoms with E-state index in [2.05, 4.69) is 15.5 Å². The van der Waals surface area contributed by atoms with Crippen molar-refractivity contribution in [3.05, 3.63) is 93.8 Å². The van der Waals surface area contributed by atoms with Crippen molar-refractivity contribution in [2.24, 2.45) is 5.10 Å². The maximum Gasteiger partial charge on any atom is 0.272 e. The predicted octanol–water partition coefficient (Wildman–Crippen LogP) is 3.34. The number of rotatable bonds is 8. The normalized spacial score (nSPS) is 10.6. The van der Waals surface area contributed by atoms with E-state index in [4.69, 9.17) is 9.47 Å². The summed E-state index contributed by atoms with van der Waals surface area (Å²) in [4.78, 5) is 26.1. The molecule has 0 aliphatic carbocycles. The summed E-state index contributed by atoms with van der Waals surface area (Å²) in [5, 5.41) is 14.6. The van der Waals surface area contributed by atoms with E-state index in [1.54, 1.807) is 48.7 Å². The van der Waals surface area contributed by atoms with Crippen LogP contribution in [0.15, 0.2) is 72.1 Å². The van der Waals surface area contributed by atoms with E-state index < -0.39 is 4.92 Å². The molecule has 0 aliphatic rings. The number of aromatic nitrogens is 1. The third-order valence-electron chi connectivity index (χ3n) is 4.03. The van der Waals surface area contributed by atoms with Gasteiger partial charge < -0.3 is 9.47 Å². The van der Waals surface area contributed by atoms with Crippen LogP contribution in [0, 0.1) is 10.1 Å². The average molecular weight is 406 g/mol. The molecule has 0 saturated heterocycles. The van der Waals surface area contributed by atoms with Gasteiger partial charge in [0.2, 0.25) is 0 Å². The number of non-ortho nitro benzene ring substituents is 1. The quantitative estimate of drug-likeness (QED) is 0.348. The Kier molecular flexibility index (Phi) is 6.67. The van der Waals surface area contributed by atoms with Crippen molar-refractivity contribution in [2.75, 3.05) is 7.11 Å². The summed E-state index contributed by atoms with van der Waals surface area (Å²) < 4.78 is 11.1. The van der Waals surface area contributed by atoms with Crippen LogP contribution in [0.4, 0.5) is 5.69 Å². The summed E-state index contributed by atoms with van der Waals surface area (Å²) in [6.07, 6.45) is 4.51. The summed E-state index contributed by atoms with van der Waals surface area (Å²) in [5.74, 6) is 0.626. The highest BCUT2D eigenvalue weighted by Gasteiger charge is 2.08. The zero-order valence-electron chi connectivity index (χ0n) is 16.0. The number of hydrazone groups is 1. The number of amides is 1. The SMILES string of the molecule is COc1cc(/C=N\NC(=O)c2cccnc2)ccc1OCc1ccc([N+](=O)[O-])cc1. The molecule has 0 aliphatic heterocycles. The molecule has 0 fully saturated rings. The lowest BCUT2D eigenvalue weighted by molar-refractivity contribution is -0.384. The van der Waals surface area contributed by atoms with Crippen LogP contribution in [0.2, 0.25) is 0 Å². The van der Waals surface area contributed by atoms with Crippen molar-refractivity contribution in [3.63, 3.8) is 0 Å². The second kappa shape index (κ2) is 9.78. The van der Waals surface area contributed by atoms with Gasteiger partial charge in [0.15, 0.2) is 11.5 Å². The van der Waals surface area contributed by atoms with Gasteiger partial charge in [-0.1, -0.05) is 0 Å². The fourth-order valence-electron chi connectivity index (χ4n) is 2.49. The molecule has 152 valence electrons. The fourth-order valence-corrected chi connectivity index (χ4v) is 2.49. The number of nitrogens with zero attached hydrogens (tertiary/aromatic N) is 3. The molecule has 9 heteroatoms. The van der Waals surface area contributed by atoms with Crippen LogP contribution in [-0.2, 0) is 6.61 Å². The first kappa shape index (κ1) is 20.5. The number of benzene rings is 2. The Hall–Kier alpha value is -4.27. The zero-order valence-corrected chi connectivity index (χ0v) is 16.0. The monoisotopic (exact) mass is 406 g/mol. The van der Waals surface area contributed by atoms with Gasteiger partial charge in [-0.15, -0.1) is 0 Å². The van der Waals surface area contributed by atoms with Gasteiger partial charge in [-0.3, -0.25) is 19.9 Å². The predicted molar refractivity (Wildman–Crippen MR) is 110 cm³/mol. The lowest BCUT2D eigenvalue weighted by Gasteiger charge is -2.11. The second-order valence-corrected chi connectivity index (χ2v) is 6.06. The van der Waals surface area contributed by atoms with Crippen LogP contribution in [0.25, 0.3) is 0 Å². The van der Waals surface area contributed by atoms with E-state index in [9.17, 15) is 14.9 Å². The van der Waals surface area contributed by atoms with Crippen molar-refractivity contribution in [3.8, 4) is 11.5 Å². The molecule has 1 amide bonds. The highest BCUT2D eigenvalue weighted by molar-refractivity contribution is 5.94. The maximum atomic E-state index is 11.9. The first-order valence-corrected chi connectivity index (χ1v) is 8.84. The second-order valence-electron chi connectivity index (χ2n) is 6.06. The largest absolute Gasteiger partial charge is 0.493 e. The van der Waals surface area contributed by atoms with Crippen molar-refractivity contribution < 1.29 is 19.2 Å². The van der Waals surface area contributed by atoms with Crippen LogP contribution in [0.1, 0.15) is 21.5 Å². The third kappa shape index (κ3) is 5.38. The summed E-state index contributed by atoms with van der Waals surface area (Å²) in [6, 6.07) is 14.6. The van der Waals surface area contributed by atoms with Gasteiger partial charge in [0.25, 0.3) is 11.6 Å². The Morgan fingerprint density at radius 3 is 2.67 bits per heavy atom. The minimum Gasteiger partial charge on any atom is -0.493 e. The van der Waals surface area contributed by atoms with Gasteiger partial charge in [-0.25, -0.2) is 5.43 Å². The number of ether oxygens (including phenoxy) is 2. The number of nitro benzene ring substituents is 1. The molecule has 0 bridgehead atoms. The number of carbonyl (C=O) groups excluding carboxylic acids is 1. The lowest BCUT2D eigenvalue weighted by atomic mass is 10.2. The highest BCUT2D eigenvalue weighted by Crippen LogP contribution is 2.28. The number of nitro groups is 1. The average Bonchev–Trinajstić information content (AvgIpc) is 2.78. The van der Waals surface area contributed by atoms with Gasteiger partial charge in [0.05, 0.1) is 23.8 Å². The molecule has 2 aromatic carbocycles. The molecule has 1 N–H and O–H groups in total. The third-order valence-corrected chi connectivity index (χ3v) is 4.03. The Morgan fingerprint density at radius 2 is 2.00 bits per heavy atom. The van der Waals surface area contributed by atoms with E-state index in [-0.39, 0.29) is 18.2 Å². The molecule has 1 aromatic heterocycles. The minimum absolute atomic E-state index is 0.0237. The fraction of sp³-hybridized carbons (Fsp3) is 0.0952. The van der Waals surface area contributed by atoms with E-state index >= 15 is 0 Å². The summed E-state index contributed by atoms with van der Waals surface area (Å²) in [5.41, 5.74) is 4.34. The van der Waals surface area contributed by atoms with Crippen LogP contribution in [-0.4, -0.2) is 29.1 Å². The molecule has 0 saturated carbocycles. The number of carbonyl (C=O) groups is 1. The number of pyridine rings is 1. The summed E-state index contributed by atoms with van der Waals surface area (Å²) in [6.45, 7) is 0.225. The van der Waals surface area contributed by atoms with Crippen molar-refractivity contribution in [2.45, 2.75) is 6.61 Å². The Bertz CT molecular complexity index is 1050. The van der Waals surface area contributed by atoms with E-state index in [1.165, 1.54) is 31.7 Å². The molecule has 0 radical (unpaired) electrons. The van der Waals surface area contributed by atoms with E-state index in [0.29, 0.717) is 22.6 Å². The van der Waals surface area contributed by atoms with Crippen molar-refractivity contribution >= 4 is 17.8 Å². The Balaban J connectivity index is 1.61. The molecular weight excluding hydrogens is 388 g/mol. The molecule has 0 spiro atoms. The van der Waals surface area contributed by atoms with Crippen LogP contribution >= 0.6 is 0 Å². The zero-order chi connectivity index (χ0) is 21.3. The first-order chi connectivity index (χ1) is 14.6. The molecule has 0 atom stereocenters. The standard InChI is InChI=1S/C21H18N4O5/c1-29-20-11-16(12-23-24-21(26)17-3-2-10-22-13-17)6-9-19(20)30-14-15-4-7-18(8-5-15)25(27)28/h2-13H,14H2,1H3,(H,24,26)/b23-12-. The molecule has 9 nitrogen and oxygen atoms in total. The highest BCUT2D eigenvalue weighted by atomic mass is 16.6. The first-order valence-electron chi connectivity index (χ1n) is 8.84. The lowest BCUT2D eigenvalue weighted by Crippen LogP contribution is -2.17. The smallest absolute Gasteiger partial charge is 0.272 e. The summed E-state index contributed by atoms with van der Waals surface area (Å²) >= 11 is 0. The molecule has 1 heterocycles. The number of nitrogens with one attached hydrogen (secondary N) is 1. The van der Waals surface area contributed by atoms with Crippen LogP contribution in [0.5, 0.6) is 11.5 Å². The Labute approximate surface area is 172 Å². The summed E-state index contributed by atoms with van der Waals surface area (Å²) in [7, 11) is 1.51. The van der Waals surface area contributed by atoms with Gasteiger partial charge in [-0.05, 0) is 53.6 Å². The topological polar surface area (TPSA) is 116 Å². The number of hydrogen-bond donors (Lipinski definition) is 1. The Morgan fingerprint density at radius 1 is 1.20 bits per heavy atom. The maximum absolute atomic E-state index is 11.9. The molecule has 0 unspecified atom stereocenters. The van der Waals surface area contributed by atoms with E-state index in [1.807, 2.05) is 0 Å². The van der Waals surface area contributed by atoms with Gasteiger partial charge in [0.1, 0.15) is 6.61 Å². The molecule has 3 rings (SSSR count). The molecule has 30 heavy (non-hydrogen) atoms. The molecule has 3 aromatic rings. The molecular formula is C21H18N4O5. The van der Waals surface area contributed by atoms with Crippen LogP contribution in [0.3, 0.4) is 0 Å².